The molecule has 3 N–H and O–H groups in total. The second-order valence-electron chi connectivity index (χ2n) is 4.14. The highest BCUT2D eigenvalue weighted by Crippen LogP contribution is 2.31. The van der Waals surface area contributed by atoms with Crippen molar-refractivity contribution < 1.29 is 12.8 Å². The van der Waals surface area contributed by atoms with Crippen molar-refractivity contribution in [3.63, 3.8) is 0 Å². The number of nitrogens with two attached hydrogens (primary N) is 1. The van der Waals surface area contributed by atoms with E-state index in [4.69, 9.17) is 18.0 Å². The first-order chi connectivity index (χ1) is 9.70. The second kappa shape index (κ2) is 5.99. The summed E-state index contributed by atoms with van der Waals surface area (Å²) in [5.74, 6) is -0.597. The summed E-state index contributed by atoms with van der Waals surface area (Å²) in [7, 11) is -3.75. The Morgan fingerprint density at radius 1 is 1.43 bits per heavy atom. The van der Waals surface area contributed by atoms with Gasteiger partial charge in [0.25, 0.3) is 10.0 Å². The highest BCUT2D eigenvalue weighted by Gasteiger charge is 2.20. The quantitative estimate of drug-likeness (QED) is 0.760. The number of hydrogen-bond acceptors (Lipinski definition) is 4. The van der Waals surface area contributed by atoms with Gasteiger partial charge in [0.1, 0.15) is 15.7 Å². The molecular formula is C12H10BrFN2O2S3. The van der Waals surface area contributed by atoms with Crippen LogP contribution in [-0.2, 0) is 10.0 Å². The minimum Gasteiger partial charge on any atom is -0.389 e. The molecule has 0 spiro atoms. The zero-order valence-electron chi connectivity index (χ0n) is 10.7. The van der Waals surface area contributed by atoms with Crippen molar-refractivity contribution in [2.75, 3.05) is 4.72 Å². The number of nitrogens with one attached hydrogen (secondary N) is 1. The Morgan fingerprint density at radius 3 is 2.62 bits per heavy atom. The molecule has 2 rings (SSSR count). The van der Waals surface area contributed by atoms with Gasteiger partial charge in [-0.1, -0.05) is 12.2 Å². The molecule has 0 saturated carbocycles. The molecule has 0 aliphatic rings. The van der Waals surface area contributed by atoms with Gasteiger partial charge in [-0.3, -0.25) is 4.72 Å². The van der Waals surface area contributed by atoms with E-state index in [-0.39, 0.29) is 21.1 Å². The van der Waals surface area contributed by atoms with Gasteiger partial charge in [0, 0.05) is 16.1 Å². The van der Waals surface area contributed by atoms with Gasteiger partial charge < -0.3 is 5.73 Å². The normalized spacial score (nSPS) is 11.4. The molecule has 0 atom stereocenters. The number of benzene rings is 1. The number of thiophene rings is 1. The van der Waals surface area contributed by atoms with Crippen molar-refractivity contribution >= 4 is 60.2 Å². The molecule has 2 aromatic rings. The number of anilines is 1. The number of thiocarbonyl (C=S) groups is 1. The number of aryl methyl sites for hydroxylation is 1. The maximum atomic E-state index is 13.5. The smallest absolute Gasteiger partial charge is 0.263 e. The Labute approximate surface area is 139 Å². The summed E-state index contributed by atoms with van der Waals surface area (Å²) in [5, 5.41) is 0. The summed E-state index contributed by atoms with van der Waals surface area (Å²) >= 11 is 9.28. The minimum absolute atomic E-state index is 0.00609. The van der Waals surface area contributed by atoms with Gasteiger partial charge in [-0.05, 0) is 47.1 Å². The monoisotopic (exact) mass is 408 g/mol. The van der Waals surface area contributed by atoms with E-state index in [0.29, 0.717) is 8.66 Å². The van der Waals surface area contributed by atoms with Crippen LogP contribution < -0.4 is 10.5 Å². The largest absolute Gasteiger partial charge is 0.389 e. The molecule has 1 heterocycles. The SMILES string of the molecule is Cc1sc(Br)cc1S(=O)(=O)Nc1ccc(F)c(C(N)=S)c1. The van der Waals surface area contributed by atoms with Crippen molar-refractivity contribution in [2.45, 2.75) is 11.8 Å². The second-order valence-corrected chi connectivity index (χ2v) is 8.86. The highest BCUT2D eigenvalue weighted by atomic mass is 79.9. The Morgan fingerprint density at radius 2 is 2.10 bits per heavy atom. The Bertz CT molecular complexity index is 818. The fourth-order valence-electron chi connectivity index (χ4n) is 1.69. The molecule has 1 aromatic heterocycles. The van der Waals surface area contributed by atoms with E-state index in [9.17, 15) is 12.8 Å². The van der Waals surface area contributed by atoms with Crippen LogP contribution in [0.1, 0.15) is 10.4 Å². The molecule has 0 aliphatic carbocycles. The average Bonchev–Trinajstić information content (AvgIpc) is 2.71. The fraction of sp³-hybridized carbons (Fsp3) is 0.0833. The predicted octanol–water partition coefficient (Wildman–Crippen LogP) is 3.39. The van der Waals surface area contributed by atoms with Crippen molar-refractivity contribution in [3.05, 3.63) is 44.3 Å². The van der Waals surface area contributed by atoms with Crippen LogP contribution in [0.2, 0.25) is 0 Å². The molecule has 0 amide bonds. The topological polar surface area (TPSA) is 72.2 Å². The average molecular weight is 409 g/mol. The van der Waals surface area contributed by atoms with Crippen molar-refractivity contribution in [2.24, 2.45) is 5.73 Å². The number of halogens is 2. The molecule has 112 valence electrons. The molecule has 0 radical (unpaired) electrons. The molecule has 0 bridgehead atoms. The Hall–Kier alpha value is -1.03. The maximum absolute atomic E-state index is 13.5. The first-order valence-electron chi connectivity index (χ1n) is 5.59. The van der Waals surface area contributed by atoms with Gasteiger partial charge in [0.05, 0.1) is 3.79 Å². The lowest BCUT2D eigenvalue weighted by Crippen LogP contribution is -2.15. The molecule has 0 unspecified atom stereocenters. The van der Waals surface area contributed by atoms with E-state index >= 15 is 0 Å². The van der Waals surface area contributed by atoms with E-state index in [0.717, 1.165) is 6.07 Å². The van der Waals surface area contributed by atoms with E-state index in [1.807, 2.05) is 0 Å². The number of sulfonamides is 1. The van der Waals surface area contributed by atoms with Crippen LogP contribution >= 0.6 is 39.5 Å². The number of hydrogen-bond donors (Lipinski definition) is 2. The van der Waals surface area contributed by atoms with E-state index in [2.05, 4.69) is 20.7 Å². The van der Waals surface area contributed by atoms with Gasteiger partial charge in [0.15, 0.2) is 0 Å². The van der Waals surface area contributed by atoms with Crippen LogP contribution in [0.4, 0.5) is 10.1 Å². The summed E-state index contributed by atoms with van der Waals surface area (Å²) in [5.41, 5.74) is 5.58. The Kier molecular flexibility index (Phi) is 4.66. The third-order valence-electron chi connectivity index (χ3n) is 2.62. The van der Waals surface area contributed by atoms with Crippen LogP contribution in [0.15, 0.2) is 32.9 Å². The van der Waals surface area contributed by atoms with E-state index in [1.54, 1.807) is 6.92 Å². The highest BCUT2D eigenvalue weighted by molar-refractivity contribution is 9.11. The van der Waals surface area contributed by atoms with Crippen molar-refractivity contribution in [1.29, 1.82) is 0 Å². The van der Waals surface area contributed by atoms with E-state index < -0.39 is 15.8 Å². The lowest BCUT2D eigenvalue weighted by molar-refractivity contribution is 0.601. The molecule has 21 heavy (non-hydrogen) atoms. The zero-order valence-corrected chi connectivity index (χ0v) is 14.7. The molecule has 4 nitrogen and oxygen atoms in total. The molecule has 0 saturated heterocycles. The van der Waals surface area contributed by atoms with Crippen LogP contribution in [0.25, 0.3) is 0 Å². The first-order valence-corrected chi connectivity index (χ1v) is 9.09. The summed E-state index contributed by atoms with van der Waals surface area (Å²) < 4.78 is 41.2. The zero-order chi connectivity index (χ0) is 15.8. The lowest BCUT2D eigenvalue weighted by Gasteiger charge is -2.09. The fourth-order valence-corrected chi connectivity index (χ4v) is 5.31. The van der Waals surface area contributed by atoms with Gasteiger partial charge in [-0.2, -0.15) is 0 Å². The third kappa shape index (κ3) is 3.60. The Balaban J connectivity index is 2.40. The first kappa shape index (κ1) is 16.3. The van der Waals surface area contributed by atoms with Gasteiger partial charge in [-0.25, -0.2) is 12.8 Å². The third-order valence-corrected chi connectivity index (χ3v) is 6.03. The number of rotatable bonds is 4. The van der Waals surface area contributed by atoms with Gasteiger partial charge >= 0.3 is 0 Å². The molecular weight excluding hydrogens is 399 g/mol. The van der Waals surface area contributed by atoms with E-state index in [1.165, 1.54) is 29.5 Å². The summed E-state index contributed by atoms with van der Waals surface area (Å²) in [4.78, 5) is 0.676. The predicted molar refractivity (Wildman–Crippen MR) is 89.9 cm³/mol. The standard InChI is InChI=1S/C12H10BrFN2O2S3/c1-6-10(5-11(13)20-6)21(17,18)16-7-2-3-9(14)8(4-7)12(15)19/h2-5,16H,1H3,(H2,15,19). The van der Waals surface area contributed by atoms with Crippen LogP contribution in [-0.4, -0.2) is 13.4 Å². The summed E-state index contributed by atoms with van der Waals surface area (Å²) in [6, 6.07) is 5.21. The van der Waals surface area contributed by atoms with Crippen LogP contribution in [0.5, 0.6) is 0 Å². The summed E-state index contributed by atoms with van der Waals surface area (Å²) in [6.45, 7) is 1.70. The minimum atomic E-state index is -3.75. The van der Waals surface area contributed by atoms with Gasteiger partial charge in [0.2, 0.25) is 0 Å². The van der Waals surface area contributed by atoms with Crippen molar-refractivity contribution in [3.8, 4) is 0 Å². The summed E-state index contributed by atoms with van der Waals surface area (Å²) in [6.07, 6.45) is 0. The molecule has 9 heteroatoms. The van der Waals surface area contributed by atoms with Crippen LogP contribution in [0, 0.1) is 12.7 Å². The molecule has 0 fully saturated rings. The van der Waals surface area contributed by atoms with Gasteiger partial charge in [-0.15, -0.1) is 11.3 Å². The molecule has 1 aromatic carbocycles. The lowest BCUT2D eigenvalue weighted by atomic mass is 10.2. The van der Waals surface area contributed by atoms with Crippen LogP contribution in [0.3, 0.4) is 0 Å². The molecule has 0 aliphatic heterocycles. The van der Waals surface area contributed by atoms with Crippen molar-refractivity contribution in [1.82, 2.24) is 0 Å². The maximum Gasteiger partial charge on any atom is 0.263 e.